The van der Waals surface area contributed by atoms with Crippen LogP contribution in [0.1, 0.15) is 11.5 Å². The van der Waals surface area contributed by atoms with Crippen LogP contribution in [-0.4, -0.2) is 12.2 Å². The Kier molecular flexibility index (Phi) is 4.93. The van der Waals surface area contributed by atoms with Crippen molar-refractivity contribution in [2.75, 3.05) is 7.05 Å². The molecule has 1 aromatic carbocycles. The molecule has 2 aromatic rings. The van der Waals surface area contributed by atoms with E-state index in [-0.39, 0.29) is 6.61 Å². The van der Waals surface area contributed by atoms with Gasteiger partial charge >= 0.3 is 0 Å². The molecule has 0 saturated carbocycles. The minimum absolute atomic E-state index is 0.217. The van der Waals surface area contributed by atoms with E-state index in [9.17, 15) is 0 Å². The largest absolute Gasteiger partial charge is 0.484 e. The van der Waals surface area contributed by atoms with Gasteiger partial charge in [-0.2, -0.15) is 0 Å². The number of benzene rings is 1. The van der Waals surface area contributed by atoms with Crippen LogP contribution in [0.2, 0.25) is 15.1 Å². The molecular weight excluding hydrogens is 311 g/mol. The van der Waals surface area contributed by atoms with Gasteiger partial charge in [-0.1, -0.05) is 40.0 Å². The summed E-state index contributed by atoms with van der Waals surface area (Å²) in [6.45, 7) is 0.853. The molecule has 4 nitrogen and oxygen atoms in total. The van der Waals surface area contributed by atoms with E-state index in [1.54, 1.807) is 6.07 Å². The second-order valence-corrected chi connectivity index (χ2v) is 5.02. The lowest BCUT2D eigenvalue weighted by Crippen LogP contribution is -2.04. The van der Waals surface area contributed by atoms with Crippen LogP contribution >= 0.6 is 34.8 Å². The summed E-state index contributed by atoms with van der Waals surface area (Å²) in [5, 5.41) is 8.01. The number of nitrogens with one attached hydrogen (secondary N) is 1. The number of hydrogen-bond acceptors (Lipinski definition) is 4. The number of halogens is 3. The topological polar surface area (TPSA) is 47.3 Å². The Bertz CT molecular complexity index is 572. The minimum atomic E-state index is 0.217. The molecule has 0 bridgehead atoms. The van der Waals surface area contributed by atoms with Crippen LogP contribution in [0.5, 0.6) is 5.75 Å². The number of aromatic nitrogens is 1. The number of hydrogen-bond donors (Lipinski definition) is 1. The van der Waals surface area contributed by atoms with Crippen molar-refractivity contribution in [3.63, 3.8) is 0 Å². The Balaban J connectivity index is 2.03. The van der Waals surface area contributed by atoms with E-state index in [4.69, 9.17) is 44.1 Å². The van der Waals surface area contributed by atoms with Gasteiger partial charge in [-0.3, -0.25) is 0 Å². The predicted octanol–water partition coefficient (Wildman–Crippen LogP) is 3.93. The van der Waals surface area contributed by atoms with E-state index in [0.717, 1.165) is 5.69 Å². The molecule has 0 aliphatic heterocycles. The van der Waals surface area contributed by atoms with Crippen molar-refractivity contribution in [3.8, 4) is 5.75 Å². The van der Waals surface area contributed by atoms with E-state index in [0.29, 0.717) is 33.1 Å². The fourth-order valence-corrected chi connectivity index (χ4v) is 2.04. The number of nitrogens with zero attached hydrogens (tertiary/aromatic N) is 1. The van der Waals surface area contributed by atoms with Gasteiger partial charge in [0.05, 0.1) is 20.8 Å². The average Bonchev–Trinajstić information content (AvgIpc) is 2.80. The lowest BCUT2D eigenvalue weighted by Gasteiger charge is -2.07. The second-order valence-electron chi connectivity index (χ2n) is 3.80. The fraction of sp³-hybridized carbons (Fsp3) is 0.250. The first-order valence-electron chi connectivity index (χ1n) is 5.46. The van der Waals surface area contributed by atoms with E-state index < -0.39 is 0 Å². The van der Waals surface area contributed by atoms with Gasteiger partial charge in [0.1, 0.15) is 12.4 Å². The standard InChI is InChI=1S/C12H11Cl3N2O2/c1-16-5-7-2-8(19-17-7)6-18-12-4-10(14)9(13)3-11(12)15/h2-4,16H,5-6H2,1H3. The molecule has 7 heteroatoms. The zero-order chi connectivity index (χ0) is 13.8. The van der Waals surface area contributed by atoms with Crippen molar-refractivity contribution in [1.29, 1.82) is 0 Å². The van der Waals surface area contributed by atoms with E-state index in [1.807, 2.05) is 13.1 Å². The molecule has 0 fully saturated rings. The smallest absolute Gasteiger partial charge is 0.174 e. The Hall–Kier alpha value is -0.940. The molecule has 19 heavy (non-hydrogen) atoms. The monoisotopic (exact) mass is 320 g/mol. The van der Waals surface area contributed by atoms with Gasteiger partial charge < -0.3 is 14.6 Å². The van der Waals surface area contributed by atoms with Crippen LogP contribution in [0, 0.1) is 0 Å². The zero-order valence-corrected chi connectivity index (χ0v) is 12.3. The van der Waals surface area contributed by atoms with Crippen molar-refractivity contribution in [3.05, 3.63) is 44.7 Å². The number of rotatable bonds is 5. The SMILES string of the molecule is CNCc1cc(COc2cc(Cl)c(Cl)cc2Cl)on1. The van der Waals surface area contributed by atoms with Crippen molar-refractivity contribution in [1.82, 2.24) is 10.5 Å². The highest BCUT2D eigenvalue weighted by Crippen LogP contribution is 2.34. The molecule has 0 spiro atoms. The summed E-state index contributed by atoms with van der Waals surface area (Å²) < 4.78 is 10.6. The molecule has 1 N–H and O–H groups in total. The molecule has 102 valence electrons. The minimum Gasteiger partial charge on any atom is -0.484 e. The van der Waals surface area contributed by atoms with Gasteiger partial charge in [-0.15, -0.1) is 0 Å². The molecule has 0 radical (unpaired) electrons. The van der Waals surface area contributed by atoms with E-state index >= 15 is 0 Å². The summed E-state index contributed by atoms with van der Waals surface area (Å²) in [6, 6.07) is 4.91. The maximum absolute atomic E-state index is 6.00. The third kappa shape index (κ3) is 3.76. The van der Waals surface area contributed by atoms with Crippen LogP contribution in [-0.2, 0) is 13.2 Å². The molecule has 1 heterocycles. The summed E-state index contributed by atoms with van der Waals surface area (Å²) in [7, 11) is 1.83. The second kappa shape index (κ2) is 6.48. The highest BCUT2D eigenvalue weighted by molar-refractivity contribution is 6.43. The summed E-state index contributed by atoms with van der Waals surface area (Å²) in [6.07, 6.45) is 0. The van der Waals surface area contributed by atoms with Crippen LogP contribution in [0.15, 0.2) is 22.7 Å². The van der Waals surface area contributed by atoms with Crippen LogP contribution in [0.3, 0.4) is 0 Å². The van der Waals surface area contributed by atoms with Crippen molar-refractivity contribution < 1.29 is 9.26 Å². The van der Waals surface area contributed by atoms with Gasteiger partial charge in [-0.05, 0) is 13.1 Å². The van der Waals surface area contributed by atoms with Crippen molar-refractivity contribution >= 4 is 34.8 Å². The summed E-state index contributed by atoms with van der Waals surface area (Å²) in [5.74, 6) is 1.05. The molecule has 0 atom stereocenters. The summed E-state index contributed by atoms with van der Waals surface area (Å²) >= 11 is 17.7. The first kappa shape index (κ1) is 14.5. The molecule has 2 rings (SSSR count). The van der Waals surface area contributed by atoms with Crippen LogP contribution in [0.25, 0.3) is 0 Å². The maximum Gasteiger partial charge on any atom is 0.174 e. The lowest BCUT2D eigenvalue weighted by molar-refractivity contribution is 0.248. The van der Waals surface area contributed by atoms with Gasteiger partial charge in [0.25, 0.3) is 0 Å². The molecule has 0 unspecified atom stereocenters. The van der Waals surface area contributed by atoms with Gasteiger partial charge in [-0.25, -0.2) is 0 Å². The third-order valence-corrected chi connectivity index (χ3v) is 3.33. The van der Waals surface area contributed by atoms with E-state index in [1.165, 1.54) is 6.07 Å². The van der Waals surface area contributed by atoms with Crippen LogP contribution in [0.4, 0.5) is 0 Å². The summed E-state index contributed by atoms with van der Waals surface area (Å²) in [5.41, 5.74) is 0.807. The van der Waals surface area contributed by atoms with Crippen molar-refractivity contribution in [2.45, 2.75) is 13.2 Å². The highest BCUT2D eigenvalue weighted by Gasteiger charge is 2.09. The first-order valence-corrected chi connectivity index (χ1v) is 6.60. The summed E-state index contributed by atoms with van der Waals surface area (Å²) in [4.78, 5) is 0. The van der Waals surface area contributed by atoms with Crippen molar-refractivity contribution in [2.24, 2.45) is 0 Å². The molecule has 0 saturated heterocycles. The van der Waals surface area contributed by atoms with E-state index in [2.05, 4.69) is 10.5 Å². The molecule has 0 aliphatic carbocycles. The quantitative estimate of drug-likeness (QED) is 0.848. The normalized spacial score (nSPS) is 10.7. The van der Waals surface area contributed by atoms with Gasteiger partial charge in [0, 0.05) is 18.7 Å². The lowest BCUT2D eigenvalue weighted by atomic mass is 10.3. The Morgan fingerprint density at radius 3 is 2.63 bits per heavy atom. The maximum atomic E-state index is 6.00. The van der Waals surface area contributed by atoms with Gasteiger partial charge in [0.15, 0.2) is 5.76 Å². The third-order valence-electron chi connectivity index (χ3n) is 2.31. The molecule has 0 amide bonds. The molecular formula is C12H11Cl3N2O2. The highest BCUT2D eigenvalue weighted by atomic mass is 35.5. The fourth-order valence-electron chi connectivity index (χ4n) is 1.45. The molecule has 1 aromatic heterocycles. The zero-order valence-electron chi connectivity index (χ0n) is 10.0. The average molecular weight is 322 g/mol. The van der Waals surface area contributed by atoms with Gasteiger partial charge in [0.2, 0.25) is 0 Å². The Labute approximate surface area is 125 Å². The molecule has 0 aliphatic rings. The Morgan fingerprint density at radius 1 is 1.16 bits per heavy atom. The first-order chi connectivity index (χ1) is 9.10. The van der Waals surface area contributed by atoms with Crippen LogP contribution < -0.4 is 10.1 Å². The Morgan fingerprint density at radius 2 is 1.89 bits per heavy atom. The predicted molar refractivity (Wildman–Crippen MR) is 75.1 cm³/mol. The number of ether oxygens (including phenoxy) is 1.